The van der Waals surface area contributed by atoms with Gasteiger partial charge in [-0.15, -0.1) is 0 Å². The van der Waals surface area contributed by atoms with E-state index in [1.54, 1.807) is 6.07 Å². The third-order valence-electron chi connectivity index (χ3n) is 1.53. The van der Waals surface area contributed by atoms with Gasteiger partial charge >= 0.3 is 35.5 Å². The fraction of sp³-hybridized carbons (Fsp3) is 0.125. The van der Waals surface area contributed by atoms with Crippen LogP contribution in [-0.2, 0) is 11.2 Å². The third-order valence-corrected chi connectivity index (χ3v) is 1.53. The first-order valence-corrected chi connectivity index (χ1v) is 3.55. The maximum atomic E-state index is 10.4. The predicted octanol–water partition coefficient (Wildman–Crippen LogP) is 0.573. The Morgan fingerprint density at radius 2 is 2.00 bits per heavy atom. The van der Waals surface area contributed by atoms with Gasteiger partial charge in [-0.2, -0.15) is 0 Å². The quantitative estimate of drug-likeness (QED) is 0.444. The number of aliphatic carboxylic acids is 1. The summed E-state index contributed by atoms with van der Waals surface area (Å²) in [6.07, 6.45) is -0.322. The average Bonchev–Trinajstić information content (AvgIpc) is 2.03. The van der Waals surface area contributed by atoms with E-state index in [1.165, 1.54) is 18.2 Å². The van der Waals surface area contributed by atoms with Crippen molar-refractivity contribution in [3.63, 3.8) is 0 Å². The number of para-hydroxylation sites is 1. The van der Waals surface area contributed by atoms with E-state index in [4.69, 9.17) is 5.11 Å². The first kappa shape index (κ1) is 13.1. The molecule has 0 aliphatic carbocycles. The van der Waals surface area contributed by atoms with E-state index in [-0.39, 0.29) is 47.2 Å². The van der Waals surface area contributed by atoms with Gasteiger partial charge in [0.1, 0.15) is 0 Å². The Balaban J connectivity index is 0.00000169. The van der Waals surface area contributed by atoms with Crippen LogP contribution in [0.1, 0.15) is 5.56 Å². The summed E-state index contributed by atoms with van der Waals surface area (Å²) < 4.78 is 0. The van der Waals surface area contributed by atoms with Crippen LogP contribution in [-0.4, -0.2) is 45.6 Å². The zero-order valence-corrected chi connectivity index (χ0v) is 6.64. The number of rotatable bonds is 3. The predicted molar refractivity (Wildman–Crippen MR) is 51.6 cm³/mol. The summed E-state index contributed by atoms with van der Waals surface area (Å²) in [5.41, 5.74) is 0.0740. The molecule has 5 nitrogen and oxygen atoms in total. The topological polar surface area (TPSA) is 80.4 Å². The zero-order valence-electron chi connectivity index (χ0n) is 6.64. The molecular weight excluding hydrogens is 197 g/mol. The number of hydrogen-bond donors (Lipinski definition) is 1. The fourth-order valence-electron chi connectivity index (χ4n) is 1.00. The molecule has 1 rings (SSSR count). The van der Waals surface area contributed by atoms with E-state index >= 15 is 0 Å². The van der Waals surface area contributed by atoms with Crippen molar-refractivity contribution in [1.82, 2.24) is 0 Å². The number of benzene rings is 1. The molecule has 1 aromatic carbocycles. The molecule has 0 amide bonds. The Morgan fingerprint density at radius 3 is 2.50 bits per heavy atom. The fourth-order valence-corrected chi connectivity index (χ4v) is 1.00. The molecule has 0 aromatic heterocycles. The first-order valence-electron chi connectivity index (χ1n) is 3.55. The first-order chi connectivity index (χ1) is 6.11. The van der Waals surface area contributed by atoms with Gasteiger partial charge in [-0.25, -0.2) is 0 Å². The summed E-state index contributed by atoms with van der Waals surface area (Å²) in [5.74, 6) is -1.07. The molecule has 1 N–H and O–H groups in total. The van der Waals surface area contributed by atoms with Gasteiger partial charge in [0.05, 0.1) is 11.3 Å². The number of nitro benzene ring substituents is 1. The van der Waals surface area contributed by atoms with Crippen molar-refractivity contribution in [3.05, 3.63) is 39.9 Å². The van der Waals surface area contributed by atoms with E-state index in [0.717, 1.165) is 0 Å². The molecule has 0 radical (unpaired) electrons. The van der Waals surface area contributed by atoms with E-state index < -0.39 is 10.9 Å². The second-order valence-electron chi connectivity index (χ2n) is 2.46. The van der Waals surface area contributed by atoms with Crippen molar-refractivity contribution in [3.8, 4) is 0 Å². The molecule has 0 atom stereocenters. The van der Waals surface area contributed by atoms with Crippen LogP contribution in [0.15, 0.2) is 24.3 Å². The molecule has 6 heteroatoms. The number of carboxylic acids is 1. The molecule has 0 spiro atoms. The molecule has 0 aliphatic heterocycles. The number of hydrogen-bond acceptors (Lipinski definition) is 3. The van der Waals surface area contributed by atoms with Gasteiger partial charge in [0.15, 0.2) is 0 Å². The van der Waals surface area contributed by atoms with Crippen LogP contribution in [0.2, 0.25) is 0 Å². The molecule has 0 saturated heterocycles. The van der Waals surface area contributed by atoms with Crippen molar-refractivity contribution in [2.75, 3.05) is 0 Å². The number of carbonyl (C=O) groups is 1. The summed E-state index contributed by atoms with van der Waals surface area (Å²) in [6.45, 7) is 0. The van der Waals surface area contributed by atoms with Crippen molar-refractivity contribution in [2.45, 2.75) is 6.42 Å². The minimum atomic E-state index is -1.07. The van der Waals surface area contributed by atoms with Gasteiger partial charge in [0.2, 0.25) is 0 Å². The van der Waals surface area contributed by atoms with Crippen LogP contribution in [0.25, 0.3) is 0 Å². The third kappa shape index (κ3) is 3.45. The van der Waals surface area contributed by atoms with Crippen LogP contribution in [0.5, 0.6) is 0 Å². The Morgan fingerprint density at radius 1 is 1.43 bits per heavy atom. The van der Waals surface area contributed by atoms with Crippen molar-refractivity contribution < 1.29 is 14.8 Å². The summed E-state index contributed by atoms with van der Waals surface area (Å²) in [5, 5.41) is 18.9. The van der Waals surface area contributed by atoms with E-state index in [9.17, 15) is 14.9 Å². The van der Waals surface area contributed by atoms with Gasteiger partial charge in [-0.1, -0.05) is 18.2 Å². The molecular formula is C8H8NNaO4. The summed E-state index contributed by atoms with van der Waals surface area (Å²) >= 11 is 0. The molecule has 0 aliphatic rings. The van der Waals surface area contributed by atoms with E-state index in [2.05, 4.69) is 0 Å². The van der Waals surface area contributed by atoms with Crippen LogP contribution in [0.4, 0.5) is 5.69 Å². The van der Waals surface area contributed by atoms with Crippen LogP contribution in [0.3, 0.4) is 0 Å². The second kappa shape index (κ2) is 5.74. The van der Waals surface area contributed by atoms with Crippen molar-refractivity contribution >= 4 is 41.2 Å². The normalized spacial score (nSPS) is 8.86. The maximum absolute atomic E-state index is 10.4. The molecule has 1 aromatic rings. The van der Waals surface area contributed by atoms with Crippen molar-refractivity contribution in [1.29, 1.82) is 0 Å². The Kier molecular flexibility index (Phi) is 5.37. The molecule has 70 valence electrons. The van der Waals surface area contributed by atoms with Crippen LogP contribution >= 0.6 is 0 Å². The van der Waals surface area contributed by atoms with Gasteiger partial charge in [-0.05, 0) is 0 Å². The Labute approximate surface area is 102 Å². The second-order valence-corrected chi connectivity index (χ2v) is 2.46. The van der Waals surface area contributed by atoms with E-state index in [0.29, 0.717) is 0 Å². The molecule has 14 heavy (non-hydrogen) atoms. The monoisotopic (exact) mass is 205 g/mol. The molecule has 0 bridgehead atoms. The van der Waals surface area contributed by atoms with Crippen LogP contribution < -0.4 is 0 Å². The number of carboxylic acid groups (broad SMARTS) is 1. The summed E-state index contributed by atoms with van der Waals surface area (Å²) in [7, 11) is 0. The molecule has 0 fully saturated rings. The SMILES string of the molecule is O=C(O)Cc1ccccc1[N+](=O)[O-].[NaH]. The standard InChI is InChI=1S/C8H7NO4.Na.H/c10-8(11)5-6-3-1-2-4-7(6)9(12)13;;/h1-4H,5H2,(H,10,11);;. The van der Waals surface area contributed by atoms with Gasteiger partial charge in [0, 0.05) is 11.6 Å². The molecule has 0 saturated carbocycles. The van der Waals surface area contributed by atoms with E-state index in [1.807, 2.05) is 0 Å². The molecule has 0 heterocycles. The van der Waals surface area contributed by atoms with Gasteiger partial charge in [-0.3, -0.25) is 14.9 Å². The summed E-state index contributed by atoms with van der Waals surface area (Å²) in [6, 6.07) is 5.80. The average molecular weight is 205 g/mol. The number of nitrogens with zero attached hydrogens (tertiary/aromatic N) is 1. The summed E-state index contributed by atoms with van der Waals surface area (Å²) in [4.78, 5) is 20.2. The number of nitro groups is 1. The van der Waals surface area contributed by atoms with Crippen LogP contribution in [0, 0.1) is 10.1 Å². The van der Waals surface area contributed by atoms with Gasteiger partial charge in [0.25, 0.3) is 5.69 Å². The minimum absolute atomic E-state index is 0. The zero-order chi connectivity index (χ0) is 9.84. The Hall–Kier alpha value is -0.910. The van der Waals surface area contributed by atoms with Crippen molar-refractivity contribution in [2.24, 2.45) is 0 Å². The molecule has 0 unspecified atom stereocenters. The Bertz CT molecular complexity index is 353. The van der Waals surface area contributed by atoms with Gasteiger partial charge < -0.3 is 5.11 Å².